The molecule has 1 aromatic heterocycles. The standard InChI is InChI=1S/C15H14N2O/c1-10(18)16-11-7-8-15-13(9-11)12-5-3-4-6-14(12)17(15)2/h3-9H,1-2H3,(H,16,18). The van der Waals surface area contributed by atoms with E-state index in [2.05, 4.69) is 29.1 Å². The van der Waals surface area contributed by atoms with E-state index < -0.39 is 0 Å². The van der Waals surface area contributed by atoms with E-state index in [1.54, 1.807) is 0 Å². The van der Waals surface area contributed by atoms with Gasteiger partial charge in [-0.2, -0.15) is 0 Å². The van der Waals surface area contributed by atoms with Gasteiger partial charge in [0, 0.05) is 41.5 Å². The molecule has 0 aliphatic rings. The van der Waals surface area contributed by atoms with Crippen molar-refractivity contribution in [2.45, 2.75) is 6.92 Å². The fourth-order valence-corrected chi connectivity index (χ4v) is 2.45. The minimum Gasteiger partial charge on any atom is -0.344 e. The lowest BCUT2D eigenvalue weighted by molar-refractivity contribution is -0.114. The Morgan fingerprint density at radius 1 is 1.06 bits per heavy atom. The van der Waals surface area contributed by atoms with Crippen LogP contribution in [-0.2, 0) is 11.8 Å². The van der Waals surface area contributed by atoms with Crippen LogP contribution in [0.3, 0.4) is 0 Å². The normalized spacial score (nSPS) is 11.0. The van der Waals surface area contributed by atoms with Crippen LogP contribution in [0.5, 0.6) is 0 Å². The molecule has 0 aliphatic carbocycles. The number of aryl methyl sites for hydroxylation is 1. The van der Waals surface area contributed by atoms with Gasteiger partial charge in [0.05, 0.1) is 0 Å². The number of rotatable bonds is 1. The van der Waals surface area contributed by atoms with Crippen molar-refractivity contribution in [3.05, 3.63) is 42.5 Å². The van der Waals surface area contributed by atoms with Gasteiger partial charge in [-0.3, -0.25) is 4.79 Å². The molecular formula is C15H14N2O. The summed E-state index contributed by atoms with van der Waals surface area (Å²) >= 11 is 0. The van der Waals surface area contributed by atoms with Gasteiger partial charge in [-0.15, -0.1) is 0 Å². The van der Waals surface area contributed by atoms with Crippen molar-refractivity contribution < 1.29 is 4.79 Å². The molecular weight excluding hydrogens is 224 g/mol. The van der Waals surface area contributed by atoms with E-state index in [0.29, 0.717) is 0 Å². The molecule has 3 heteroatoms. The van der Waals surface area contributed by atoms with Gasteiger partial charge in [-0.1, -0.05) is 18.2 Å². The van der Waals surface area contributed by atoms with E-state index in [9.17, 15) is 4.79 Å². The monoisotopic (exact) mass is 238 g/mol. The number of aromatic nitrogens is 1. The summed E-state index contributed by atoms with van der Waals surface area (Å²) in [6.07, 6.45) is 0. The van der Waals surface area contributed by atoms with E-state index >= 15 is 0 Å². The molecule has 0 bridgehead atoms. The Hall–Kier alpha value is -2.29. The van der Waals surface area contributed by atoms with Gasteiger partial charge in [-0.05, 0) is 24.3 Å². The molecule has 3 aromatic rings. The summed E-state index contributed by atoms with van der Waals surface area (Å²) in [5, 5.41) is 5.20. The summed E-state index contributed by atoms with van der Waals surface area (Å²) in [7, 11) is 2.06. The quantitative estimate of drug-likeness (QED) is 0.693. The molecule has 90 valence electrons. The van der Waals surface area contributed by atoms with Crippen LogP contribution in [0, 0.1) is 0 Å². The van der Waals surface area contributed by atoms with Crippen LogP contribution in [0.15, 0.2) is 42.5 Å². The number of amides is 1. The van der Waals surface area contributed by atoms with E-state index in [1.807, 2.05) is 30.3 Å². The molecule has 0 aliphatic heterocycles. The molecule has 2 aromatic carbocycles. The van der Waals surface area contributed by atoms with Crippen molar-refractivity contribution in [3.63, 3.8) is 0 Å². The van der Waals surface area contributed by atoms with Crippen LogP contribution in [0.1, 0.15) is 6.92 Å². The number of anilines is 1. The summed E-state index contributed by atoms with van der Waals surface area (Å²) in [5.74, 6) is -0.0467. The number of hydrogen-bond donors (Lipinski definition) is 1. The molecule has 0 spiro atoms. The fourth-order valence-electron chi connectivity index (χ4n) is 2.45. The largest absolute Gasteiger partial charge is 0.344 e. The minimum atomic E-state index is -0.0467. The van der Waals surface area contributed by atoms with Gasteiger partial charge in [0.2, 0.25) is 5.91 Å². The van der Waals surface area contributed by atoms with Crippen LogP contribution in [0.25, 0.3) is 21.8 Å². The van der Waals surface area contributed by atoms with Crippen LogP contribution in [0.4, 0.5) is 5.69 Å². The number of carbonyl (C=O) groups excluding carboxylic acids is 1. The molecule has 1 heterocycles. The van der Waals surface area contributed by atoms with Crippen LogP contribution in [0.2, 0.25) is 0 Å². The van der Waals surface area contributed by atoms with Gasteiger partial charge in [0.25, 0.3) is 0 Å². The van der Waals surface area contributed by atoms with E-state index in [4.69, 9.17) is 0 Å². The second-order valence-corrected chi connectivity index (χ2v) is 4.49. The summed E-state index contributed by atoms with van der Waals surface area (Å²) in [5.41, 5.74) is 3.21. The van der Waals surface area contributed by atoms with Gasteiger partial charge in [0.1, 0.15) is 0 Å². The second-order valence-electron chi connectivity index (χ2n) is 4.49. The van der Waals surface area contributed by atoms with E-state index in [-0.39, 0.29) is 5.91 Å². The molecule has 1 amide bonds. The zero-order chi connectivity index (χ0) is 12.7. The van der Waals surface area contributed by atoms with Gasteiger partial charge in [-0.25, -0.2) is 0 Å². The first-order valence-electron chi connectivity index (χ1n) is 5.91. The number of nitrogens with zero attached hydrogens (tertiary/aromatic N) is 1. The average Bonchev–Trinajstić information content (AvgIpc) is 2.63. The SMILES string of the molecule is CC(=O)Nc1ccc2c(c1)c1ccccc1n2C. The molecule has 0 radical (unpaired) electrons. The molecule has 0 atom stereocenters. The fraction of sp³-hybridized carbons (Fsp3) is 0.133. The highest BCUT2D eigenvalue weighted by atomic mass is 16.1. The smallest absolute Gasteiger partial charge is 0.221 e. The lowest BCUT2D eigenvalue weighted by Crippen LogP contribution is -2.05. The number of para-hydroxylation sites is 1. The maximum Gasteiger partial charge on any atom is 0.221 e. The molecule has 0 saturated heterocycles. The molecule has 18 heavy (non-hydrogen) atoms. The molecule has 1 N–H and O–H groups in total. The zero-order valence-electron chi connectivity index (χ0n) is 10.4. The zero-order valence-corrected chi connectivity index (χ0v) is 10.4. The minimum absolute atomic E-state index is 0.0467. The average molecular weight is 238 g/mol. The van der Waals surface area contributed by atoms with Crippen LogP contribution >= 0.6 is 0 Å². The summed E-state index contributed by atoms with van der Waals surface area (Å²) < 4.78 is 2.17. The summed E-state index contributed by atoms with van der Waals surface area (Å²) in [4.78, 5) is 11.1. The molecule has 0 fully saturated rings. The Kier molecular flexibility index (Phi) is 2.33. The van der Waals surface area contributed by atoms with Crippen molar-refractivity contribution >= 4 is 33.4 Å². The third kappa shape index (κ3) is 1.56. The lowest BCUT2D eigenvalue weighted by atomic mass is 10.1. The van der Waals surface area contributed by atoms with Gasteiger partial charge in [0.15, 0.2) is 0 Å². The molecule has 0 saturated carbocycles. The van der Waals surface area contributed by atoms with Crippen molar-refractivity contribution in [2.75, 3.05) is 5.32 Å². The Morgan fingerprint density at radius 2 is 1.78 bits per heavy atom. The predicted molar refractivity (Wildman–Crippen MR) is 74.7 cm³/mol. The Morgan fingerprint density at radius 3 is 2.56 bits per heavy atom. The first-order valence-corrected chi connectivity index (χ1v) is 5.91. The van der Waals surface area contributed by atoms with Crippen molar-refractivity contribution in [1.29, 1.82) is 0 Å². The van der Waals surface area contributed by atoms with Crippen LogP contribution in [-0.4, -0.2) is 10.5 Å². The van der Waals surface area contributed by atoms with E-state index in [1.165, 1.54) is 28.7 Å². The summed E-state index contributed by atoms with van der Waals surface area (Å²) in [6, 6.07) is 14.3. The topological polar surface area (TPSA) is 34.0 Å². The number of hydrogen-bond acceptors (Lipinski definition) is 1. The number of carbonyl (C=O) groups is 1. The Labute approximate surface area is 105 Å². The van der Waals surface area contributed by atoms with Crippen molar-refractivity contribution in [3.8, 4) is 0 Å². The highest BCUT2D eigenvalue weighted by Crippen LogP contribution is 2.29. The van der Waals surface area contributed by atoms with Crippen LogP contribution < -0.4 is 5.32 Å². The first-order chi connectivity index (χ1) is 8.66. The molecule has 0 unspecified atom stereocenters. The van der Waals surface area contributed by atoms with E-state index in [0.717, 1.165) is 5.69 Å². The second kappa shape index (κ2) is 3.88. The summed E-state index contributed by atoms with van der Waals surface area (Å²) in [6.45, 7) is 1.52. The molecule has 3 nitrogen and oxygen atoms in total. The maximum atomic E-state index is 11.1. The van der Waals surface area contributed by atoms with Gasteiger partial charge >= 0.3 is 0 Å². The first kappa shape index (κ1) is 10.8. The third-order valence-electron chi connectivity index (χ3n) is 3.23. The number of nitrogens with one attached hydrogen (secondary N) is 1. The van der Waals surface area contributed by atoms with Gasteiger partial charge < -0.3 is 9.88 Å². The number of benzene rings is 2. The highest BCUT2D eigenvalue weighted by Gasteiger charge is 2.08. The lowest BCUT2D eigenvalue weighted by Gasteiger charge is -2.02. The van der Waals surface area contributed by atoms with Crippen molar-refractivity contribution in [2.24, 2.45) is 7.05 Å². The predicted octanol–water partition coefficient (Wildman–Crippen LogP) is 3.29. The Bertz CT molecular complexity index is 756. The maximum absolute atomic E-state index is 11.1. The molecule has 3 rings (SSSR count). The highest BCUT2D eigenvalue weighted by molar-refractivity contribution is 6.09. The third-order valence-corrected chi connectivity index (χ3v) is 3.23. The Balaban J connectivity index is 2.33. The van der Waals surface area contributed by atoms with Crippen molar-refractivity contribution in [1.82, 2.24) is 4.57 Å². The number of fused-ring (bicyclic) bond motifs is 3.